The van der Waals surface area contributed by atoms with Gasteiger partial charge in [-0.1, -0.05) is 41.3 Å². The summed E-state index contributed by atoms with van der Waals surface area (Å²) in [5, 5.41) is 24.8. The number of unbranched alkanes of at least 4 members (excludes halogenated alkanes) is 2. The first-order valence-corrected chi connectivity index (χ1v) is 21.7. The molecule has 61 heavy (non-hydrogen) atoms. The summed E-state index contributed by atoms with van der Waals surface area (Å²) in [5.74, 6) is 0.517. The van der Waals surface area contributed by atoms with Gasteiger partial charge in [0.05, 0.1) is 64.0 Å². The van der Waals surface area contributed by atoms with Crippen LogP contribution in [0.5, 0.6) is 11.5 Å². The molecule has 0 bridgehead atoms. The van der Waals surface area contributed by atoms with Gasteiger partial charge in [0.25, 0.3) is 11.8 Å². The third-order valence-electron chi connectivity index (χ3n) is 10.5. The molecule has 1 saturated heterocycles. The highest BCUT2D eigenvalue weighted by Crippen LogP contribution is 2.36. The average molecular weight is 890 g/mol. The first-order chi connectivity index (χ1) is 29.6. The van der Waals surface area contributed by atoms with Crippen LogP contribution in [0.4, 0.5) is 4.79 Å². The van der Waals surface area contributed by atoms with E-state index in [9.17, 15) is 19.2 Å². The van der Waals surface area contributed by atoms with Gasteiger partial charge < -0.3 is 50.3 Å². The molecule has 0 unspecified atom stereocenters. The van der Waals surface area contributed by atoms with Gasteiger partial charge in [0.2, 0.25) is 5.91 Å². The minimum Gasteiger partial charge on any atom is -0.484 e. The smallest absolute Gasteiger partial charge is 0.315 e. The van der Waals surface area contributed by atoms with Gasteiger partial charge in [-0.15, -0.1) is 5.10 Å². The summed E-state index contributed by atoms with van der Waals surface area (Å²) in [6.07, 6.45) is 8.10. The molecule has 5 amide bonds. The van der Waals surface area contributed by atoms with E-state index in [1.165, 1.54) is 0 Å². The molecule has 2 aliphatic rings. The molecule has 2 fully saturated rings. The Hall–Kier alpha value is -4.68. The zero-order valence-electron chi connectivity index (χ0n) is 34.6. The SMILES string of the molecule is C[C@@H]1NC(=O)N[C@@H]1CCCCCC(=O)NCCOCCOCCOCCn1cc(C2(NC(=O)COc3ccc(Cl)cc3)CCC(NC(=O)COc3ccc(Cl)cc3)CC2)nn1. The molecular weight excluding hydrogens is 831 g/mol. The van der Waals surface area contributed by atoms with Crippen molar-refractivity contribution in [2.45, 2.75) is 94.9 Å². The standard InChI is InChI=1S/C42H58Cl2N8O9/c1-30-36(48-41(56)46-30)5-3-2-4-6-38(53)45-19-21-57-23-25-59-26-24-58-22-20-52-27-37(50-51-52)42(49-40(55)29-61-35-13-9-32(44)10-14-35)17-15-33(16-18-42)47-39(54)28-60-34-11-7-31(43)8-12-34/h7-14,27,30,33,36H,2-6,15-26,28-29H2,1H3,(H,45,53)(H,47,54)(H,49,55)(H2,46,48,56)/t30-,33?,36+,42?/m0/s1. The highest BCUT2D eigenvalue weighted by molar-refractivity contribution is 6.30. The van der Waals surface area contributed by atoms with Gasteiger partial charge in [-0.2, -0.15) is 0 Å². The maximum Gasteiger partial charge on any atom is 0.315 e. The number of nitrogens with zero attached hydrogens (tertiary/aromatic N) is 3. The molecular formula is C42H58Cl2N8O9. The Morgan fingerprint density at radius 2 is 1.39 bits per heavy atom. The molecule has 19 heteroatoms. The first-order valence-electron chi connectivity index (χ1n) is 20.9. The number of nitrogens with one attached hydrogen (secondary N) is 5. The van der Waals surface area contributed by atoms with Gasteiger partial charge in [0.1, 0.15) is 17.2 Å². The number of urea groups is 1. The molecule has 0 radical (unpaired) electrons. The van der Waals surface area contributed by atoms with E-state index in [2.05, 4.69) is 36.9 Å². The second kappa shape index (κ2) is 25.3. The molecule has 5 rings (SSSR count). The number of ether oxygens (including phenoxy) is 5. The summed E-state index contributed by atoms with van der Waals surface area (Å²) in [4.78, 5) is 49.4. The van der Waals surface area contributed by atoms with Gasteiger partial charge in [0, 0.05) is 35.1 Å². The Morgan fingerprint density at radius 1 is 0.787 bits per heavy atom. The van der Waals surface area contributed by atoms with Crippen molar-refractivity contribution in [3.8, 4) is 11.5 Å². The molecule has 334 valence electrons. The highest BCUT2D eigenvalue weighted by Gasteiger charge is 2.41. The van der Waals surface area contributed by atoms with Gasteiger partial charge in [-0.25, -0.2) is 9.48 Å². The molecule has 1 aliphatic heterocycles. The van der Waals surface area contributed by atoms with Gasteiger partial charge in [-0.3, -0.25) is 14.4 Å². The van der Waals surface area contributed by atoms with Crippen molar-refractivity contribution in [3.63, 3.8) is 0 Å². The van der Waals surface area contributed by atoms with E-state index in [0.29, 0.717) is 112 Å². The monoisotopic (exact) mass is 888 g/mol. The van der Waals surface area contributed by atoms with Crippen LogP contribution in [0.3, 0.4) is 0 Å². The molecule has 5 N–H and O–H groups in total. The van der Waals surface area contributed by atoms with E-state index >= 15 is 0 Å². The Morgan fingerprint density at radius 3 is 2.02 bits per heavy atom. The number of rotatable bonds is 27. The van der Waals surface area contributed by atoms with Crippen LogP contribution in [0, 0.1) is 0 Å². The van der Waals surface area contributed by atoms with Crippen molar-refractivity contribution in [2.75, 3.05) is 59.4 Å². The fourth-order valence-electron chi connectivity index (χ4n) is 7.10. The van der Waals surface area contributed by atoms with Crippen LogP contribution in [0.2, 0.25) is 10.0 Å². The Kier molecular flexibility index (Phi) is 19.6. The summed E-state index contributed by atoms with van der Waals surface area (Å²) in [5.41, 5.74) is -0.210. The fourth-order valence-corrected chi connectivity index (χ4v) is 7.35. The molecule has 17 nitrogen and oxygen atoms in total. The predicted octanol–water partition coefficient (Wildman–Crippen LogP) is 4.30. The van der Waals surface area contributed by atoms with Gasteiger partial charge in [-0.05, 0) is 94.0 Å². The molecule has 1 saturated carbocycles. The summed E-state index contributed by atoms with van der Waals surface area (Å²) in [6, 6.07) is 13.6. The van der Waals surface area contributed by atoms with Crippen LogP contribution in [-0.4, -0.2) is 116 Å². The molecule has 2 aromatic carbocycles. The lowest BCUT2D eigenvalue weighted by atomic mass is 9.77. The minimum atomic E-state index is -0.823. The third kappa shape index (κ3) is 17.0. The number of halogens is 2. The average Bonchev–Trinajstić information content (AvgIpc) is 3.86. The topological polar surface area (TPSA) is 205 Å². The molecule has 1 aliphatic carbocycles. The lowest BCUT2D eigenvalue weighted by Gasteiger charge is -2.39. The summed E-state index contributed by atoms with van der Waals surface area (Å²) in [6.45, 7) is 4.89. The van der Waals surface area contributed by atoms with E-state index in [1.807, 2.05) is 13.1 Å². The predicted molar refractivity (Wildman–Crippen MR) is 228 cm³/mol. The Labute approximate surface area is 366 Å². The molecule has 2 atom stereocenters. The summed E-state index contributed by atoms with van der Waals surface area (Å²) in [7, 11) is 0. The highest BCUT2D eigenvalue weighted by atomic mass is 35.5. The van der Waals surface area contributed by atoms with Crippen LogP contribution in [0.1, 0.15) is 70.4 Å². The Bertz CT molecular complexity index is 1810. The second-order valence-electron chi connectivity index (χ2n) is 15.1. The largest absolute Gasteiger partial charge is 0.484 e. The van der Waals surface area contributed by atoms with Crippen molar-refractivity contribution in [1.82, 2.24) is 41.6 Å². The van der Waals surface area contributed by atoms with Crippen LogP contribution >= 0.6 is 23.2 Å². The quantitative estimate of drug-likeness (QED) is 0.0683. The van der Waals surface area contributed by atoms with Crippen LogP contribution in [0.15, 0.2) is 54.7 Å². The maximum atomic E-state index is 13.3. The number of aromatic nitrogens is 3. The molecule has 3 aromatic rings. The number of carbonyl (C=O) groups excluding carboxylic acids is 4. The van der Waals surface area contributed by atoms with Crippen LogP contribution in [-0.2, 0) is 40.7 Å². The van der Waals surface area contributed by atoms with Crippen molar-refractivity contribution in [1.29, 1.82) is 0 Å². The van der Waals surface area contributed by atoms with Crippen molar-refractivity contribution < 1.29 is 42.9 Å². The first kappa shape index (κ1) is 47.4. The zero-order chi connectivity index (χ0) is 43.3. The summed E-state index contributed by atoms with van der Waals surface area (Å²) < 4.78 is 29.9. The number of benzene rings is 2. The second-order valence-corrected chi connectivity index (χ2v) is 16.0. The third-order valence-corrected chi connectivity index (χ3v) is 11.0. The zero-order valence-corrected chi connectivity index (χ0v) is 36.1. The lowest BCUT2D eigenvalue weighted by molar-refractivity contribution is -0.127. The lowest BCUT2D eigenvalue weighted by Crippen LogP contribution is -2.52. The van der Waals surface area contributed by atoms with E-state index in [4.69, 9.17) is 46.9 Å². The minimum absolute atomic E-state index is 0.00844. The number of amides is 5. The van der Waals surface area contributed by atoms with E-state index in [0.717, 1.165) is 25.7 Å². The molecule has 1 aromatic heterocycles. The Balaban J connectivity index is 0.945. The normalized spacial score (nSPS) is 19.7. The van der Waals surface area contributed by atoms with Crippen LogP contribution < -0.4 is 36.1 Å². The fraction of sp³-hybridized carbons (Fsp3) is 0.571. The van der Waals surface area contributed by atoms with Crippen molar-refractivity contribution >= 4 is 47.0 Å². The number of carbonyl (C=O) groups is 4. The maximum absolute atomic E-state index is 13.3. The summed E-state index contributed by atoms with van der Waals surface area (Å²) >= 11 is 11.9. The van der Waals surface area contributed by atoms with Crippen molar-refractivity contribution in [3.05, 3.63) is 70.5 Å². The van der Waals surface area contributed by atoms with E-state index < -0.39 is 5.54 Å². The van der Waals surface area contributed by atoms with Gasteiger partial charge >= 0.3 is 6.03 Å². The van der Waals surface area contributed by atoms with E-state index in [-0.39, 0.29) is 55.1 Å². The molecule has 2 heterocycles. The number of hydrogen-bond donors (Lipinski definition) is 5. The van der Waals surface area contributed by atoms with Gasteiger partial charge in [0.15, 0.2) is 13.2 Å². The number of hydrogen-bond acceptors (Lipinski definition) is 11. The van der Waals surface area contributed by atoms with E-state index in [1.54, 1.807) is 53.2 Å². The molecule has 0 spiro atoms. The van der Waals surface area contributed by atoms with Crippen LogP contribution in [0.25, 0.3) is 0 Å². The van der Waals surface area contributed by atoms with Crippen molar-refractivity contribution in [2.24, 2.45) is 0 Å².